The number of para-hydroxylation sites is 1. The van der Waals surface area contributed by atoms with Crippen LogP contribution in [0.2, 0.25) is 0 Å². The molecule has 2 aromatic carbocycles. The van der Waals surface area contributed by atoms with Crippen LogP contribution < -0.4 is 25.4 Å². The maximum absolute atomic E-state index is 12.0. The molecule has 7 nitrogen and oxygen atoms in total. The molecule has 154 valence electrons. The van der Waals surface area contributed by atoms with Crippen molar-refractivity contribution in [3.8, 4) is 11.5 Å². The van der Waals surface area contributed by atoms with Gasteiger partial charge in [-0.05, 0) is 36.2 Å². The van der Waals surface area contributed by atoms with E-state index in [2.05, 4.69) is 27.0 Å². The number of aliphatic imine (C=N–C) groups is 1. The molecular weight excluding hydrogens is 368 g/mol. The second-order valence-corrected chi connectivity index (χ2v) is 6.76. The van der Waals surface area contributed by atoms with Crippen LogP contribution in [0.15, 0.2) is 47.5 Å². The lowest BCUT2D eigenvalue weighted by atomic mass is 9.90. The summed E-state index contributed by atoms with van der Waals surface area (Å²) in [5, 5.41) is 9.57. The molecule has 29 heavy (non-hydrogen) atoms. The highest BCUT2D eigenvalue weighted by molar-refractivity contribution is 5.94. The number of ether oxygens (including phenoxy) is 2. The van der Waals surface area contributed by atoms with Gasteiger partial charge < -0.3 is 25.4 Å². The highest BCUT2D eigenvalue weighted by atomic mass is 16.5. The fourth-order valence-electron chi connectivity index (χ4n) is 3.41. The van der Waals surface area contributed by atoms with Gasteiger partial charge in [0.15, 0.2) is 17.5 Å². The molecule has 7 heteroatoms. The van der Waals surface area contributed by atoms with E-state index in [9.17, 15) is 4.79 Å². The quantitative estimate of drug-likeness (QED) is 0.495. The minimum Gasteiger partial charge on any atom is -0.493 e. The molecule has 1 aliphatic heterocycles. The lowest BCUT2D eigenvalue weighted by molar-refractivity contribution is -0.116. The van der Waals surface area contributed by atoms with Gasteiger partial charge in [0.25, 0.3) is 0 Å². The number of amides is 1. The first-order valence-electron chi connectivity index (χ1n) is 9.77. The predicted molar refractivity (Wildman–Crippen MR) is 115 cm³/mol. The van der Waals surface area contributed by atoms with E-state index in [1.165, 1.54) is 0 Å². The van der Waals surface area contributed by atoms with Gasteiger partial charge in [0, 0.05) is 38.2 Å². The average molecular weight is 396 g/mol. The number of methoxy groups -OCH3 is 1. The molecule has 0 aromatic heterocycles. The summed E-state index contributed by atoms with van der Waals surface area (Å²) >= 11 is 0. The Morgan fingerprint density at radius 2 is 2.03 bits per heavy atom. The number of carbonyl (C=O) groups excluding carboxylic acids is 1. The van der Waals surface area contributed by atoms with Crippen LogP contribution in [0.25, 0.3) is 0 Å². The number of guanidine groups is 1. The lowest BCUT2D eigenvalue weighted by Gasteiger charge is -2.26. The Morgan fingerprint density at radius 1 is 1.21 bits per heavy atom. The van der Waals surface area contributed by atoms with Crippen molar-refractivity contribution < 1.29 is 14.3 Å². The second kappa shape index (κ2) is 9.82. The Bertz CT molecular complexity index is 882. The van der Waals surface area contributed by atoms with Crippen molar-refractivity contribution in [1.29, 1.82) is 0 Å². The molecule has 0 saturated heterocycles. The molecule has 0 saturated carbocycles. The van der Waals surface area contributed by atoms with Gasteiger partial charge in [-0.2, -0.15) is 0 Å². The molecule has 1 aliphatic rings. The Hall–Kier alpha value is -3.22. The third kappa shape index (κ3) is 5.19. The largest absolute Gasteiger partial charge is 0.493 e. The van der Waals surface area contributed by atoms with Crippen molar-refractivity contribution >= 4 is 17.6 Å². The minimum absolute atomic E-state index is 0.0418. The number of anilines is 1. The van der Waals surface area contributed by atoms with Crippen molar-refractivity contribution in [2.45, 2.75) is 25.8 Å². The van der Waals surface area contributed by atoms with Crippen LogP contribution in [-0.2, 0) is 11.3 Å². The van der Waals surface area contributed by atoms with Crippen molar-refractivity contribution in [3.05, 3.63) is 53.6 Å². The maximum atomic E-state index is 12.0. The molecule has 0 spiro atoms. The molecule has 0 radical (unpaired) electrons. The summed E-state index contributed by atoms with van der Waals surface area (Å²) < 4.78 is 11.0. The Balaban J connectivity index is 1.59. The van der Waals surface area contributed by atoms with E-state index < -0.39 is 0 Å². The van der Waals surface area contributed by atoms with Crippen LogP contribution in [0.5, 0.6) is 11.5 Å². The normalized spacial score (nSPS) is 15.9. The first kappa shape index (κ1) is 20.5. The van der Waals surface area contributed by atoms with Crippen molar-refractivity contribution in [1.82, 2.24) is 10.6 Å². The number of nitrogens with zero attached hydrogens (tertiary/aromatic N) is 1. The van der Waals surface area contributed by atoms with Crippen LogP contribution in [0, 0.1) is 0 Å². The summed E-state index contributed by atoms with van der Waals surface area (Å²) in [7, 11) is 3.36. The smallest absolute Gasteiger partial charge is 0.225 e. The van der Waals surface area contributed by atoms with E-state index in [-0.39, 0.29) is 11.8 Å². The van der Waals surface area contributed by atoms with Crippen molar-refractivity contribution in [2.24, 2.45) is 4.99 Å². The zero-order valence-electron chi connectivity index (χ0n) is 17.1. The fraction of sp³-hybridized carbons (Fsp3) is 0.364. The second-order valence-electron chi connectivity index (χ2n) is 6.76. The Kier molecular flexibility index (Phi) is 6.94. The molecule has 3 rings (SSSR count). The van der Waals surface area contributed by atoms with Gasteiger partial charge in [0.1, 0.15) is 0 Å². The fourth-order valence-corrected chi connectivity index (χ4v) is 3.41. The van der Waals surface area contributed by atoms with E-state index in [4.69, 9.17) is 9.47 Å². The van der Waals surface area contributed by atoms with Gasteiger partial charge in [0.2, 0.25) is 5.91 Å². The number of fused-ring (bicyclic) bond motifs is 1. The number of hydrogen-bond donors (Lipinski definition) is 3. The van der Waals surface area contributed by atoms with Crippen LogP contribution in [0.3, 0.4) is 0 Å². The van der Waals surface area contributed by atoms with Gasteiger partial charge in [-0.25, -0.2) is 0 Å². The maximum Gasteiger partial charge on any atom is 0.225 e. The lowest BCUT2D eigenvalue weighted by Crippen LogP contribution is -2.40. The summed E-state index contributed by atoms with van der Waals surface area (Å²) in [5.74, 6) is 2.26. The van der Waals surface area contributed by atoms with E-state index in [1.54, 1.807) is 14.2 Å². The highest BCUT2D eigenvalue weighted by Crippen LogP contribution is 2.31. The van der Waals surface area contributed by atoms with Gasteiger partial charge in [-0.1, -0.05) is 24.3 Å². The van der Waals surface area contributed by atoms with Crippen molar-refractivity contribution in [2.75, 3.05) is 32.6 Å². The summed E-state index contributed by atoms with van der Waals surface area (Å²) in [5.41, 5.74) is 3.09. The molecule has 2 aromatic rings. The first-order valence-corrected chi connectivity index (χ1v) is 9.77. The van der Waals surface area contributed by atoms with Gasteiger partial charge in [-0.3, -0.25) is 9.79 Å². The Morgan fingerprint density at radius 3 is 2.79 bits per heavy atom. The van der Waals surface area contributed by atoms with E-state index >= 15 is 0 Å². The van der Waals surface area contributed by atoms with Crippen molar-refractivity contribution in [3.63, 3.8) is 0 Å². The molecule has 0 aliphatic carbocycles. The topological polar surface area (TPSA) is 84.0 Å². The molecule has 1 amide bonds. The number of carbonyl (C=O) groups is 1. The summed E-state index contributed by atoms with van der Waals surface area (Å²) in [4.78, 5) is 16.3. The van der Waals surface area contributed by atoms with Gasteiger partial charge >= 0.3 is 0 Å². The van der Waals surface area contributed by atoms with E-state index in [0.717, 1.165) is 22.6 Å². The zero-order valence-corrected chi connectivity index (χ0v) is 17.1. The summed E-state index contributed by atoms with van der Waals surface area (Å²) in [6.07, 6.45) is 0.456. The highest BCUT2D eigenvalue weighted by Gasteiger charge is 2.24. The number of benzene rings is 2. The molecule has 0 bridgehead atoms. The zero-order chi connectivity index (χ0) is 20.6. The Labute approximate surface area is 171 Å². The molecule has 3 N–H and O–H groups in total. The van der Waals surface area contributed by atoms with Crippen LogP contribution >= 0.6 is 0 Å². The van der Waals surface area contributed by atoms with Crippen LogP contribution in [0.1, 0.15) is 30.4 Å². The van der Waals surface area contributed by atoms with E-state index in [0.29, 0.717) is 37.8 Å². The number of hydrogen-bond acceptors (Lipinski definition) is 4. The third-order valence-electron chi connectivity index (χ3n) is 4.83. The summed E-state index contributed by atoms with van der Waals surface area (Å²) in [6, 6.07) is 13.8. The van der Waals surface area contributed by atoms with Crippen LogP contribution in [0.4, 0.5) is 5.69 Å². The number of rotatable bonds is 7. The number of nitrogens with one attached hydrogen (secondary N) is 3. The minimum atomic E-state index is 0.0418. The third-order valence-corrected chi connectivity index (χ3v) is 4.83. The molecule has 1 atom stereocenters. The SMILES string of the molecule is CCOc1cc(CNC(=NC)NCC2CC(=O)Nc3ccccc32)ccc1OC. The summed E-state index contributed by atoms with van der Waals surface area (Å²) in [6.45, 7) is 3.73. The van der Waals surface area contributed by atoms with Gasteiger partial charge in [0.05, 0.1) is 13.7 Å². The molecule has 1 unspecified atom stereocenters. The van der Waals surface area contributed by atoms with Crippen LogP contribution in [-0.4, -0.2) is 39.2 Å². The monoisotopic (exact) mass is 396 g/mol. The molecular formula is C22H28N4O3. The van der Waals surface area contributed by atoms with E-state index in [1.807, 2.05) is 43.3 Å². The standard InChI is InChI=1S/C22H28N4O3/c1-4-29-20-11-15(9-10-19(20)28-3)13-24-22(23-2)25-14-16-12-21(27)26-18-8-6-5-7-17(16)18/h5-11,16H,4,12-14H2,1-3H3,(H,26,27)(H2,23,24,25). The van der Waals surface area contributed by atoms with Gasteiger partial charge in [-0.15, -0.1) is 0 Å². The first-order chi connectivity index (χ1) is 14.1. The average Bonchev–Trinajstić information content (AvgIpc) is 2.74. The molecule has 0 fully saturated rings. The molecule has 1 heterocycles. The predicted octanol–water partition coefficient (Wildman–Crippen LogP) is 2.88.